The van der Waals surface area contributed by atoms with Crippen LogP contribution in [0.5, 0.6) is 0 Å². The summed E-state index contributed by atoms with van der Waals surface area (Å²) in [4.78, 5) is 11.8. The summed E-state index contributed by atoms with van der Waals surface area (Å²) in [6.07, 6.45) is 7.57. The Morgan fingerprint density at radius 2 is 1.81 bits per heavy atom. The smallest absolute Gasteiger partial charge is 0.162 e. The largest absolute Gasteiger partial charge is 0.294 e. The van der Waals surface area contributed by atoms with Gasteiger partial charge in [0.25, 0.3) is 0 Å². The van der Waals surface area contributed by atoms with Gasteiger partial charge in [0.05, 0.1) is 0 Å². The van der Waals surface area contributed by atoms with Crippen molar-refractivity contribution in [3.63, 3.8) is 0 Å². The van der Waals surface area contributed by atoms with E-state index in [2.05, 4.69) is 30.3 Å². The Morgan fingerprint density at radius 3 is 2.69 bits per heavy atom. The number of fused-ring (bicyclic) bond motifs is 1. The lowest BCUT2D eigenvalue weighted by molar-refractivity contribution is -0.115. The number of carbonyl (C=O) groups excluding carboxylic acids is 1. The highest BCUT2D eigenvalue weighted by Crippen LogP contribution is 2.29. The van der Waals surface area contributed by atoms with E-state index in [9.17, 15) is 4.79 Å². The summed E-state index contributed by atoms with van der Waals surface area (Å²) in [6.45, 7) is 0. The molecule has 1 aromatic rings. The minimum absolute atomic E-state index is 0.324. The summed E-state index contributed by atoms with van der Waals surface area (Å²) in [7, 11) is 0. The van der Waals surface area contributed by atoms with Gasteiger partial charge < -0.3 is 0 Å². The van der Waals surface area contributed by atoms with Crippen LogP contribution < -0.4 is 0 Å². The van der Waals surface area contributed by atoms with Gasteiger partial charge in [-0.1, -0.05) is 36.4 Å². The zero-order chi connectivity index (χ0) is 11.0. The highest BCUT2D eigenvalue weighted by Gasteiger charge is 2.20. The molecule has 16 heavy (non-hydrogen) atoms. The van der Waals surface area contributed by atoms with E-state index in [-0.39, 0.29) is 0 Å². The van der Waals surface area contributed by atoms with Gasteiger partial charge in [-0.25, -0.2) is 0 Å². The first-order valence-electron chi connectivity index (χ1n) is 5.83. The van der Waals surface area contributed by atoms with Gasteiger partial charge in [-0.05, 0) is 41.5 Å². The molecule has 2 aliphatic rings. The second-order valence-electron chi connectivity index (χ2n) is 4.48. The number of rotatable bonds is 0. The lowest BCUT2D eigenvalue weighted by Gasteiger charge is -2.11. The number of aryl methyl sites for hydroxylation is 1. The fourth-order valence-electron chi connectivity index (χ4n) is 2.62. The number of hydrogen-bond acceptors (Lipinski definition) is 1. The third-order valence-electron chi connectivity index (χ3n) is 3.49. The quantitative estimate of drug-likeness (QED) is 0.643. The Balaban J connectivity index is 2.05. The van der Waals surface area contributed by atoms with Crippen LogP contribution in [0.4, 0.5) is 0 Å². The zero-order valence-electron chi connectivity index (χ0n) is 9.20. The molecule has 0 amide bonds. The number of carbonyl (C=O) groups is 1. The van der Waals surface area contributed by atoms with E-state index >= 15 is 0 Å². The van der Waals surface area contributed by atoms with E-state index in [1.165, 1.54) is 16.7 Å². The maximum absolute atomic E-state index is 11.8. The second kappa shape index (κ2) is 3.75. The molecule has 0 aliphatic heterocycles. The minimum Gasteiger partial charge on any atom is -0.294 e. The average molecular weight is 210 g/mol. The summed E-state index contributed by atoms with van der Waals surface area (Å²) in [5, 5.41) is 0. The molecule has 0 unspecified atom stereocenters. The fraction of sp³-hybridized carbons (Fsp3) is 0.267. The summed E-state index contributed by atoms with van der Waals surface area (Å²) >= 11 is 0. The summed E-state index contributed by atoms with van der Waals surface area (Å²) < 4.78 is 0. The summed E-state index contributed by atoms with van der Waals surface area (Å²) in [6, 6.07) is 8.53. The lowest BCUT2D eigenvalue weighted by Crippen LogP contribution is -2.08. The van der Waals surface area contributed by atoms with Crippen LogP contribution in [0.1, 0.15) is 24.0 Å². The molecule has 0 radical (unpaired) electrons. The van der Waals surface area contributed by atoms with Crippen molar-refractivity contribution < 1.29 is 4.79 Å². The molecule has 1 heteroatoms. The molecule has 1 nitrogen and oxygen atoms in total. The number of Topliss-reactive ketones (excluding diaryl/α,β-unsaturated/α-hetero) is 1. The Morgan fingerprint density at radius 1 is 1.00 bits per heavy atom. The van der Waals surface area contributed by atoms with Crippen molar-refractivity contribution in [1.82, 2.24) is 0 Å². The Labute approximate surface area is 95.5 Å². The average Bonchev–Trinajstić information content (AvgIpc) is 2.48. The standard InChI is InChI=1S/C15H14O/c16-15-7-3-6-13-10-12-5-2-1-4-11(12)8-9-14(13)15/h1-6H,7-10H2. The van der Waals surface area contributed by atoms with E-state index in [4.69, 9.17) is 0 Å². The molecule has 0 atom stereocenters. The fourth-order valence-corrected chi connectivity index (χ4v) is 2.62. The molecule has 0 spiro atoms. The number of allylic oxidation sites excluding steroid dienone is 4. The molecule has 0 saturated heterocycles. The topological polar surface area (TPSA) is 17.1 Å². The lowest BCUT2D eigenvalue weighted by atomic mass is 9.92. The normalized spacial score (nSPS) is 19.1. The van der Waals surface area contributed by atoms with Crippen molar-refractivity contribution in [2.75, 3.05) is 0 Å². The third kappa shape index (κ3) is 1.53. The SMILES string of the molecule is O=C1CC=CC2=C1CCc1ccccc1C2. The van der Waals surface area contributed by atoms with Crippen LogP contribution in [0.15, 0.2) is 47.6 Å². The molecule has 1 aromatic carbocycles. The van der Waals surface area contributed by atoms with Gasteiger partial charge in [0.2, 0.25) is 0 Å². The molecule has 0 N–H and O–H groups in total. The molecule has 2 aliphatic carbocycles. The van der Waals surface area contributed by atoms with Gasteiger partial charge in [-0.2, -0.15) is 0 Å². The molecule has 0 heterocycles. The molecule has 0 saturated carbocycles. The van der Waals surface area contributed by atoms with Crippen LogP contribution >= 0.6 is 0 Å². The molecule has 0 aromatic heterocycles. The van der Waals surface area contributed by atoms with Crippen molar-refractivity contribution >= 4 is 5.78 Å². The van der Waals surface area contributed by atoms with Gasteiger partial charge in [0.1, 0.15) is 0 Å². The Hall–Kier alpha value is -1.63. The monoisotopic (exact) mass is 210 g/mol. The van der Waals surface area contributed by atoms with Crippen LogP contribution in [0.3, 0.4) is 0 Å². The zero-order valence-corrected chi connectivity index (χ0v) is 9.20. The van der Waals surface area contributed by atoms with Crippen LogP contribution in [0.25, 0.3) is 0 Å². The van der Waals surface area contributed by atoms with Crippen LogP contribution in [0, 0.1) is 0 Å². The molecular weight excluding hydrogens is 196 g/mol. The Bertz CT molecular complexity index is 506. The molecular formula is C15H14O. The maximum atomic E-state index is 11.8. The summed E-state index contributed by atoms with van der Waals surface area (Å²) in [5.74, 6) is 0.324. The molecule has 3 rings (SSSR count). The van der Waals surface area contributed by atoms with Crippen molar-refractivity contribution in [1.29, 1.82) is 0 Å². The van der Waals surface area contributed by atoms with E-state index in [1.807, 2.05) is 6.08 Å². The second-order valence-corrected chi connectivity index (χ2v) is 4.48. The Kier molecular flexibility index (Phi) is 2.24. The predicted octanol–water partition coefficient (Wildman–Crippen LogP) is 3.00. The number of hydrogen-bond donors (Lipinski definition) is 0. The molecule has 0 bridgehead atoms. The first-order chi connectivity index (χ1) is 7.84. The highest BCUT2D eigenvalue weighted by atomic mass is 16.1. The van der Waals surface area contributed by atoms with Crippen LogP contribution in [-0.2, 0) is 17.6 Å². The minimum atomic E-state index is 0.324. The first kappa shape index (κ1) is 9.59. The van der Waals surface area contributed by atoms with Gasteiger partial charge >= 0.3 is 0 Å². The van der Waals surface area contributed by atoms with Gasteiger partial charge in [-0.15, -0.1) is 0 Å². The van der Waals surface area contributed by atoms with E-state index < -0.39 is 0 Å². The van der Waals surface area contributed by atoms with Crippen LogP contribution in [-0.4, -0.2) is 5.78 Å². The van der Waals surface area contributed by atoms with Gasteiger partial charge in [0.15, 0.2) is 5.78 Å². The van der Waals surface area contributed by atoms with Crippen LogP contribution in [0.2, 0.25) is 0 Å². The van der Waals surface area contributed by atoms with Gasteiger partial charge in [-0.3, -0.25) is 4.79 Å². The first-order valence-corrected chi connectivity index (χ1v) is 5.83. The van der Waals surface area contributed by atoms with Crippen molar-refractivity contribution in [2.45, 2.75) is 25.7 Å². The van der Waals surface area contributed by atoms with Crippen molar-refractivity contribution in [3.8, 4) is 0 Å². The molecule has 0 fully saturated rings. The van der Waals surface area contributed by atoms with Gasteiger partial charge in [0, 0.05) is 6.42 Å². The van der Waals surface area contributed by atoms with E-state index in [0.717, 1.165) is 24.8 Å². The third-order valence-corrected chi connectivity index (χ3v) is 3.49. The highest BCUT2D eigenvalue weighted by molar-refractivity contribution is 5.98. The molecule has 80 valence electrons. The predicted molar refractivity (Wildman–Crippen MR) is 64.3 cm³/mol. The summed E-state index contributed by atoms with van der Waals surface area (Å²) in [5.41, 5.74) is 5.09. The maximum Gasteiger partial charge on any atom is 0.162 e. The number of ketones is 1. The van der Waals surface area contributed by atoms with Crippen molar-refractivity contribution in [2.24, 2.45) is 0 Å². The number of benzene rings is 1. The van der Waals surface area contributed by atoms with E-state index in [0.29, 0.717) is 12.2 Å². The van der Waals surface area contributed by atoms with Crippen molar-refractivity contribution in [3.05, 3.63) is 58.7 Å². The van der Waals surface area contributed by atoms with E-state index in [1.54, 1.807) is 0 Å².